The molecule has 0 spiro atoms. The Bertz CT molecular complexity index is 595. The summed E-state index contributed by atoms with van der Waals surface area (Å²) >= 11 is 0. The summed E-state index contributed by atoms with van der Waals surface area (Å²) < 4.78 is 75.4. The first-order valence-corrected chi connectivity index (χ1v) is 7.44. The van der Waals surface area contributed by atoms with Gasteiger partial charge in [-0.3, -0.25) is 0 Å². The molecular weight excluding hydrogens is 312 g/mol. The number of sulfonamides is 1. The molecule has 0 aliphatic heterocycles. The van der Waals surface area contributed by atoms with E-state index in [9.17, 15) is 26.0 Å². The maximum absolute atomic E-state index is 12.8. The third-order valence-corrected chi connectivity index (χ3v) is 4.54. The highest BCUT2D eigenvalue weighted by Gasteiger charge is 2.41. The van der Waals surface area contributed by atoms with E-state index in [-0.39, 0.29) is 4.90 Å². The van der Waals surface area contributed by atoms with Gasteiger partial charge in [0.1, 0.15) is 0 Å². The second-order valence-electron chi connectivity index (χ2n) is 4.58. The first-order valence-electron chi connectivity index (χ1n) is 5.96. The minimum absolute atomic E-state index is 0.188. The SMILES string of the molecule is CNc1cc(C)c(S(=O)(=O)NCC(F)(F)C(F)F)c(C)c1. The van der Waals surface area contributed by atoms with Gasteiger partial charge < -0.3 is 5.32 Å². The predicted molar refractivity (Wildman–Crippen MR) is 71.6 cm³/mol. The van der Waals surface area contributed by atoms with Crippen molar-refractivity contribution in [2.75, 3.05) is 18.9 Å². The molecule has 0 saturated carbocycles. The summed E-state index contributed by atoms with van der Waals surface area (Å²) in [6.07, 6.45) is -3.94. The highest BCUT2D eigenvalue weighted by Crippen LogP contribution is 2.26. The molecule has 0 amide bonds. The molecule has 120 valence electrons. The molecule has 0 fully saturated rings. The van der Waals surface area contributed by atoms with Crippen LogP contribution in [0.5, 0.6) is 0 Å². The van der Waals surface area contributed by atoms with Crippen molar-refractivity contribution in [1.29, 1.82) is 0 Å². The highest BCUT2D eigenvalue weighted by molar-refractivity contribution is 7.89. The molecule has 21 heavy (non-hydrogen) atoms. The standard InChI is InChI=1S/C12H16F4N2O2S/c1-7-4-9(17-3)5-8(2)10(7)21(19,20)18-6-12(15,16)11(13)14/h4-5,11,17-18H,6H2,1-3H3. The minimum atomic E-state index is -4.42. The quantitative estimate of drug-likeness (QED) is 0.789. The number of benzene rings is 1. The van der Waals surface area contributed by atoms with E-state index in [4.69, 9.17) is 0 Å². The Morgan fingerprint density at radius 2 is 1.67 bits per heavy atom. The van der Waals surface area contributed by atoms with Crippen LogP contribution >= 0.6 is 0 Å². The summed E-state index contributed by atoms with van der Waals surface area (Å²) in [4.78, 5) is -0.188. The maximum Gasteiger partial charge on any atom is 0.320 e. The van der Waals surface area contributed by atoms with E-state index in [0.29, 0.717) is 16.8 Å². The van der Waals surface area contributed by atoms with Crippen molar-refractivity contribution in [2.45, 2.75) is 31.1 Å². The van der Waals surface area contributed by atoms with Crippen LogP contribution in [0, 0.1) is 13.8 Å². The molecule has 0 unspecified atom stereocenters. The first-order chi connectivity index (χ1) is 9.51. The molecule has 0 atom stereocenters. The average Bonchev–Trinajstić information content (AvgIpc) is 2.35. The summed E-state index contributed by atoms with van der Waals surface area (Å²) in [5, 5.41) is 2.82. The van der Waals surface area contributed by atoms with Gasteiger partial charge in [-0.05, 0) is 37.1 Å². The molecule has 0 saturated heterocycles. The first kappa shape index (κ1) is 17.7. The van der Waals surface area contributed by atoms with Gasteiger partial charge in [0.15, 0.2) is 0 Å². The molecule has 2 N–H and O–H groups in total. The Morgan fingerprint density at radius 1 is 1.19 bits per heavy atom. The van der Waals surface area contributed by atoms with Gasteiger partial charge in [0.05, 0.1) is 11.4 Å². The molecule has 0 bridgehead atoms. The predicted octanol–water partition coefficient (Wildman–Crippen LogP) is 2.52. The van der Waals surface area contributed by atoms with E-state index < -0.39 is 28.9 Å². The van der Waals surface area contributed by atoms with Crippen LogP contribution in [0.1, 0.15) is 11.1 Å². The smallest absolute Gasteiger partial charge is 0.320 e. The monoisotopic (exact) mass is 328 g/mol. The fourth-order valence-electron chi connectivity index (χ4n) is 1.86. The number of alkyl halides is 4. The average molecular weight is 328 g/mol. The van der Waals surface area contributed by atoms with Gasteiger partial charge in [0.25, 0.3) is 0 Å². The van der Waals surface area contributed by atoms with Gasteiger partial charge in [-0.25, -0.2) is 21.9 Å². The fraction of sp³-hybridized carbons (Fsp3) is 0.500. The lowest BCUT2D eigenvalue weighted by atomic mass is 10.1. The molecule has 0 aromatic heterocycles. The fourth-order valence-corrected chi connectivity index (χ4v) is 3.35. The lowest BCUT2D eigenvalue weighted by Crippen LogP contribution is -2.41. The van der Waals surface area contributed by atoms with Gasteiger partial charge in [0, 0.05) is 12.7 Å². The van der Waals surface area contributed by atoms with Crippen molar-refractivity contribution in [3.8, 4) is 0 Å². The second kappa shape index (κ2) is 6.18. The molecule has 0 radical (unpaired) electrons. The zero-order valence-corrected chi connectivity index (χ0v) is 12.5. The maximum atomic E-state index is 12.8. The van der Waals surface area contributed by atoms with Crippen LogP contribution in [0.4, 0.5) is 23.2 Å². The summed E-state index contributed by atoms with van der Waals surface area (Å²) in [6.45, 7) is 1.33. The van der Waals surface area contributed by atoms with E-state index in [2.05, 4.69) is 5.32 Å². The van der Waals surface area contributed by atoms with Gasteiger partial charge >= 0.3 is 12.3 Å². The zero-order chi connectivity index (χ0) is 16.4. The van der Waals surface area contributed by atoms with E-state index in [1.54, 1.807) is 7.05 Å². The van der Waals surface area contributed by atoms with E-state index in [1.165, 1.54) is 30.7 Å². The number of rotatable bonds is 6. The van der Waals surface area contributed by atoms with Crippen LogP contribution in [0.2, 0.25) is 0 Å². The molecule has 1 rings (SSSR count). The van der Waals surface area contributed by atoms with Gasteiger partial charge in [0.2, 0.25) is 10.0 Å². The van der Waals surface area contributed by atoms with Crippen LogP contribution < -0.4 is 10.0 Å². The number of aryl methyl sites for hydroxylation is 2. The Morgan fingerprint density at radius 3 is 2.05 bits per heavy atom. The van der Waals surface area contributed by atoms with Gasteiger partial charge in [-0.1, -0.05) is 0 Å². The minimum Gasteiger partial charge on any atom is -0.388 e. The number of hydrogen-bond acceptors (Lipinski definition) is 3. The third-order valence-electron chi connectivity index (χ3n) is 2.83. The van der Waals surface area contributed by atoms with Crippen molar-refractivity contribution in [1.82, 2.24) is 4.72 Å². The Labute approximate surface area is 120 Å². The van der Waals surface area contributed by atoms with E-state index in [0.717, 1.165) is 0 Å². The van der Waals surface area contributed by atoms with Crippen molar-refractivity contribution in [3.63, 3.8) is 0 Å². The molecule has 9 heteroatoms. The van der Waals surface area contributed by atoms with Crippen LogP contribution in [0.25, 0.3) is 0 Å². The molecular formula is C12H16F4N2O2S. The Hall–Kier alpha value is -1.35. The summed E-state index contributed by atoms with van der Waals surface area (Å²) in [5.41, 5.74) is 1.31. The van der Waals surface area contributed by atoms with Crippen molar-refractivity contribution in [2.24, 2.45) is 0 Å². The van der Waals surface area contributed by atoms with E-state index in [1.807, 2.05) is 0 Å². The molecule has 0 aliphatic rings. The van der Waals surface area contributed by atoms with Gasteiger partial charge in [-0.15, -0.1) is 0 Å². The zero-order valence-electron chi connectivity index (χ0n) is 11.7. The topological polar surface area (TPSA) is 58.2 Å². The molecule has 0 heterocycles. The Kier molecular flexibility index (Phi) is 5.21. The van der Waals surface area contributed by atoms with Crippen molar-refractivity contribution in [3.05, 3.63) is 23.3 Å². The van der Waals surface area contributed by atoms with Crippen LogP contribution in [0.3, 0.4) is 0 Å². The van der Waals surface area contributed by atoms with E-state index >= 15 is 0 Å². The largest absolute Gasteiger partial charge is 0.388 e. The normalized spacial score (nSPS) is 12.8. The highest BCUT2D eigenvalue weighted by atomic mass is 32.2. The third kappa shape index (κ3) is 4.07. The molecule has 1 aromatic rings. The van der Waals surface area contributed by atoms with Crippen LogP contribution in [-0.4, -0.2) is 34.4 Å². The number of nitrogens with one attached hydrogen (secondary N) is 2. The summed E-state index contributed by atoms with van der Waals surface area (Å²) in [7, 11) is -2.66. The lowest BCUT2D eigenvalue weighted by Gasteiger charge is -2.18. The summed E-state index contributed by atoms with van der Waals surface area (Å²) in [5.74, 6) is -4.42. The number of halogens is 4. The molecule has 1 aromatic carbocycles. The lowest BCUT2D eigenvalue weighted by molar-refractivity contribution is -0.122. The second-order valence-corrected chi connectivity index (χ2v) is 6.28. The van der Waals surface area contributed by atoms with Crippen molar-refractivity contribution >= 4 is 15.7 Å². The van der Waals surface area contributed by atoms with Crippen LogP contribution in [0.15, 0.2) is 17.0 Å². The molecule has 4 nitrogen and oxygen atoms in total. The van der Waals surface area contributed by atoms with Crippen molar-refractivity contribution < 1.29 is 26.0 Å². The molecule has 0 aliphatic carbocycles. The number of anilines is 1. The summed E-state index contributed by atoms with van der Waals surface area (Å²) in [6, 6.07) is 3.04. The van der Waals surface area contributed by atoms with Gasteiger partial charge in [-0.2, -0.15) is 8.78 Å². The number of hydrogen-bond donors (Lipinski definition) is 2. The van der Waals surface area contributed by atoms with Crippen LogP contribution in [-0.2, 0) is 10.0 Å². The Balaban J connectivity index is 3.10.